The van der Waals surface area contributed by atoms with E-state index in [-0.39, 0.29) is 5.82 Å². The molecule has 7 heteroatoms. The monoisotopic (exact) mass is 378 g/mol. The molecule has 0 aliphatic carbocycles. The van der Waals surface area contributed by atoms with Crippen molar-refractivity contribution in [3.63, 3.8) is 0 Å². The number of ether oxygens (including phenoxy) is 1. The van der Waals surface area contributed by atoms with Crippen molar-refractivity contribution in [2.75, 3.05) is 11.9 Å². The average molecular weight is 378 g/mol. The number of carbonyl (C=O) groups excluding carboxylic acids is 1. The molecule has 2 aromatic heterocycles. The Hall–Kier alpha value is -3.48. The number of hydrogen-bond donors (Lipinski definition) is 2. The van der Waals surface area contributed by atoms with Gasteiger partial charge < -0.3 is 10.1 Å². The number of nitrogens with one attached hydrogen (secondary N) is 2. The van der Waals surface area contributed by atoms with Gasteiger partial charge in [0.05, 0.1) is 6.61 Å². The van der Waals surface area contributed by atoms with Crippen LogP contribution < -0.4 is 15.4 Å². The van der Waals surface area contributed by atoms with Gasteiger partial charge in [-0.1, -0.05) is 18.2 Å². The molecule has 6 nitrogen and oxygen atoms in total. The van der Waals surface area contributed by atoms with Crippen molar-refractivity contribution in [1.29, 1.82) is 0 Å². The fraction of sp³-hybridized carbons (Fsp3) is 0.190. The van der Waals surface area contributed by atoms with Gasteiger partial charge in [-0.05, 0) is 48.4 Å². The number of hydrogen-bond acceptors (Lipinski definition) is 4. The van der Waals surface area contributed by atoms with Gasteiger partial charge in [0.1, 0.15) is 28.6 Å². The van der Waals surface area contributed by atoms with E-state index < -0.39 is 11.6 Å². The molecule has 4 rings (SSSR count). The number of amides is 2. The number of rotatable bonds is 3. The molecule has 1 aliphatic heterocycles. The van der Waals surface area contributed by atoms with E-state index in [1.54, 1.807) is 55.7 Å². The van der Waals surface area contributed by atoms with Crippen molar-refractivity contribution in [2.45, 2.75) is 18.9 Å². The Balaban J connectivity index is 1.77. The van der Waals surface area contributed by atoms with E-state index in [1.807, 2.05) is 6.07 Å². The minimum absolute atomic E-state index is 0.340. The molecule has 0 saturated heterocycles. The van der Waals surface area contributed by atoms with Crippen molar-refractivity contribution in [3.8, 4) is 5.75 Å². The topological polar surface area (TPSA) is 76.1 Å². The minimum atomic E-state index is -1.03. The maximum atomic E-state index is 14.4. The summed E-state index contributed by atoms with van der Waals surface area (Å²) in [6.45, 7) is 2.06. The predicted molar refractivity (Wildman–Crippen MR) is 103 cm³/mol. The Bertz CT molecular complexity index is 1010. The van der Waals surface area contributed by atoms with Gasteiger partial charge in [-0.15, -0.1) is 0 Å². The number of nitrogens with zero attached hydrogens (tertiary/aromatic N) is 2. The first-order chi connectivity index (χ1) is 13.6. The lowest BCUT2D eigenvalue weighted by Crippen LogP contribution is -2.51. The molecule has 3 aromatic rings. The lowest BCUT2D eigenvalue weighted by atomic mass is 9.81. The summed E-state index contributed by atoms with van der Waals surface area (Å²) in [5, 5.41) is 5.72. The van der Waals surface area contributed by atoms with E-state index in [4.69, 9.17) is 4.74 Å². The van der Waals surface area contributed by atoms with Gasteiger partial charge in [-0.3, -0.25) is 10.3 Å². The van der Waals surface area contributed by atoms with Gasteiger partial charge in [-0.25, -0.2) is 14.2 Å². The van der Waals surface area contributed by atoms with Crippen molar-refractivity contribution >= 4 is 11.8 Å². The third-order valence-corrected chi connectivity index (χ3v) is 4.81. The Kier molecular flexibility index (Phi) is 4.65. The maximum Gasteiger partial charge on any atom is 0.321 e. The molecule has 28 heavy (non-hydrogen) atoms. The number of fused-ring (bicyclic) bond motifs is 1. The molecular formula is C21H19FN4O2. The standard InChI is InChI=1S/C21H19FN4O2/c1-14-7-8-15(13-16(14)22)21(9-12-28-17-5-4-11-24-19(17)21)26-20(27)25-18-6-2-3-10-23-18/h2-8,10-11,13H,9,12H2,1H3,(H2,23,25,26,27)/t21-/m0/s1. The maximum absolute atomic E-state index is 14.4. The Labute approximate surface area is 161 Å². The van der Waals surface area contributed by atoms with E-state index in [2.05, 4.69) is 20.6 Å². The van der Waals surface area contributed by atoms with E-state index in [9.17, 15) is 9.18 Å². The summed E-state index contributed by atoms with van der Waals surface area (Å²) in [6, 6.07) is 13.3. The number of urea groups is 1. The van der Waals surface area contributed by atoms with Crippen LogP contribution in [-0.2, 0) is 5.54 Å². The van der Waals surface area contributed by atoms with E-state index >= 15 is 0 Å². The Morgan fingerprint density at radius 1 is 1.14 bits per heavy atom. The zero-order valence-electron chi connectivity index (χ0n) is 15.3. The van der Waals surface area contributed by atoms with Crippen LogP contribution in [0.2, 0.25) is 0 Å². The molecule has 0 fully saturated rings. The first-order valence-corrected chi connectivity index (χ1v) is 8.94. The van der Waals surface area contributed by atoms with Gasteiger partial charge in [0.25, 0.3) is 0 Å². The van der Waals surface area contributed by atoms with Crippen LogP contribution in [0.3, 0.4) is 0 Å². The lowest BCUT2D eigenvalue weighted by Gasteiger charge is -2.38. The molecular weight excluding hydrogens is 359 g/mol. The summed E-state index contributed by atoms with van der Waals surface area (Å²) in [7, 11) is 0. The highest BCUT2D eigenvalue weighted by atomic mass is 19.1. The number of aromatic nitrogens is 2. The van der Waals surface area contributed by atoms with Gasteiger partial charge in [0, 0.05) is 18.8 Å². The predicted octanol–water partition coefficient (Wildman–Crippen LogP) is 3.77. The first kappa shape index (κ1) is 17.9. The molecule has 2 amide bonds. The van der Waals surface area contributed by atoms with Crippen LogP contribution in [0.4, 0.5) is 15.0 Å². The number of aryl methyl sites for hydroxylation is 1. The van der Waals surface area contributed by atoms with Gasteiger partial charge in [-0.2, -0.15) is 0 Å². The van der Waals surface area contributed by atoms with E-state index in [0.717, 1.165) is 0 Å². The first-order valence-electron chi connectivity index (χ1n) is 8.94. The number of carbonyl (C=O) groups is 1. The summed E-state index contributed by atoms with van der Waals surface area (Å²) < 4.78 is 20.1. The summed E-state index contributed by atoms with van der Waals surface area (Å²) in [6.07, 6.45) is 3.63. The fourth-order valence-electron chi connectivity index (χ4n) is 3.37. The highest BCUT2D eigenvalue weighted by Gasteiger charge is 2.42. The van der Waals surface area contributed by atoms with E-state index in [0.29, 0.717) is 41.4 Å². The Morgan fingerprint density at radius 2 is 2.00 bits per heavy atom. The second-order valence-electron chi connectivity index (χ2n) is 6.61. The van der Waals surface area contributed by atoms with Gasteiger partial charge >= 0.3 is 6.03 Å². The van der Waals surface area contributed by atoms with Crippen LogP contribution in [-0.4, -0.2) is 22.6 Å². The number of pyridine rings is 2. The van der Waals surface area contributed by atoms with E-state index in [1.165, 1.54) is 6.07 Å². The largest absolute Gasteiger partial charge is 0.491 e. The summed E-state index contributed by atoms with van der Waals surface area (Å²) in [5.74, 6) is 0.638. The second kappa shape index (κ2) is 7.26. The third-order valence-electron chi connectivity index (χ3n) is 4.81. The normalized spacial score (nSPS) is 17.9. The smallest absolute Gasteiger partial charge is 0.321 e. The van der Waals surface area contributed by atoms with Gasteiger partial charge in [0.15, 0.2) is 0 Å². The van der Waals surface area contributed by atoms with Crippen molar-refractivity contribution in [3.05, 3.63) is 83.6 Å². The molecule has 1 atom stereocenters. The van der Waals surface area contributed by atoms with Gasteiger partial charge in [0.2, 0.25) is 0 Å². The Morgan fingerprint density at radius 3 is 2.79 bits per heavy atom. The van der Waals surface area contributed by atoms with Crippen molar-refractivity contribution in [1.82, 2.24) is 15.3 Å². The van der Waals surface area contributed by atoms with Crippen molar-refractivity contribution < 1.29 is 13.9 Å². The lowest BCUT2D eigenvalue weighted by molar-refractivity contribution is 0.200. The molecule has 0 saturated carbocycles. The molecule has 0 radical (unpaired) electrons. The SMILES string of the molecule is Cc1ccc([C@@]2(NC(=O)Nc3ccccn3)CCOc3cccnc32)cc1F. The summed E-state index contributed by atoms with van der Waals surface area (Å²) >= 11 is 0. The summed E-state index contributed by atoms with van der Waals surface area (Å²) in [4.78, 5) is 21.4. The van der Waals surface area contributed by atoms with Crippen LogP contribution in [0.1, 0.15) is 23.2 Å². The molecule has 0 unspecified atom stereocenters. The van der Waals surface area contributed by atoms with Crippen LogP contribution in [0, 0.1) is 12.7 Å². The molecule has 1 aliphatic rings. The van der Waals surface area contributed by atoms with Crippen LogP contribution in [0.25, 0.3) is 0 Å². The van der Waals surface area contributed by atoms with Crippen molar-refractivity contribution in [2.24, 2.45) is 0 Å². The highest BCUT2D eigenvalue weighted by Crippen LogP contribution is 2.40. The number of halogens is 1. The second-order valence-corrected chi connectivity index (χ2v) is 6.61. The molecule has 142 valence electrons. The highest BCUT2D eigenvalue weighted by molar-refractivity contribution is 5.89. The molecule has 3 heterocycles. The quantitative estimate of drug-likeness (QED) is 0.727. The van der Waals surface area contributed by atoms with Crippen LogP contribution >= 0.6 is 0 Å². The fourth-order valence-corrected chi connectivity index (χ4v) is 3.37. The number of benzene rings is 1. The zero-order chi connectivity index (χ0) is 19.6. The molecule has 1 aromatic carbocycles. The average Bonchev–Trinajstić information content (AvgIpc) is 2.71. The molecule has 0 bridgehead atoms. The molecule has 2 N–H and O–H groups in total. The van der Waals surface area contributed by atoms with Crippen LogP contribution in [0.15, 0.2) is 60.9 Å². The molecule has 0 spiro atoms. The third kappa shape index (κ3) is 3.26. The van der Waals surface area contributed by atoms with Crippen LogP contribution in [0.5, 0.6) is 5.75 Å². The zero-order valence-corrected chi connectivity index (χ0v) is 15.3. The minimum Gasteiger partial charge on any atom is -0.491 e. The summed E-state index contributed by atoms with van der Waals surface area (Å²) in [5.41, 5.74) is 0.656. The number of anilines is 1.